The van der Waals surface area contributed by atoms with Gasteiger partial charge in [-0.05, 0) is 70.8 Å². The topological polar surface area (TPSA) is 93.1 Å². The normalized spacial score (nSPS) is 29.7. The van der Waals surface area contributed by atoms with E-state index in [9.17, 15) is 19.8 Å². The number of carbonyl (C=O) groups excluding carboxylic acids is 2. The third-order valence-electron chi connectivity index (χ3n) is 5.68. The SMILES string of the molecule is C=C(C(=O)OC)C1CCC(C)(O)C(OC(C)=O)CCC(C)=CCC=C(C)C(O)C1. The van der Waals surface area contributed by atoms with Crippen LogP contribution < -0.4 is 0 Å². The highest BCUT2D eigenvalue weighted by atomic mass is 16.6. The van der Waals surface area contributed by atoms with E-state index in [2.05, 4.69) is 12.7 Å². The van der Waals surface area contributed by atoms with Crippen molar-refractivity contribution in [1.82, 2.24) is 0 Å². The first-order valence-electron chi connectivity index (χ1n) is 10.1. The summed E-state index contributed by atoms with van der Waals surface area (Å²) in [6, 6.07) is 0. The van der Waals surface area contributed by atoms with Crippen molar-refractivity contribution in [1.29, 1.82) is 0 Å². The molecule has 0 amide bonds. The van der Waals surface area contributed by atoms with E-state index in [0.717, 1.165) is 11.1 Å². The maximum Gasteiger partial charge on any atom is 0.333 e. The van der Waals surface area contributed by atoms with Gasteiger partial charge in [0.05, 0.1) is 18.8 Å². The maximum atomic E-state index is 12.0. The van der Waals surface area contributed by atoms with Crippen LogP contribution in [0.4, 0.5) is 0 Å². The third-order valence-corrected chi connectivity index (χ3v) is 5.68. The van der Waals surface area contributed by atoms with Gasteiger partial charge < -0.3 is 19.7 Å². The summed E-state index contributed by atoms with van der Waals surface area (Å²) in [5.74, 6) is -1.34. The first kappa shape index (κ1) is 25.1. The standard InChI is InChI=1S/C23H36O6/c1-15-8-7-9-16(2)20(25)14-19(17(3)22(26)28-6)12-13-23(5,27)21(11-10-15)29-18(4)24/h8-9,19-21,25,27H,3,7,10-14H2,1-2,4-6H3. The lowest BCUT2D eigenvalue weighted by atomic mass is 9.81. The molecule has 4 atom stereocenters. The second-order valence-corrected chi connectivity index (χ2v) is 8.23. The highest BCUT2D eigenvalue weighted by Gasteiger charge is 2.36. The Morgan fingerprint density at radius 1 is 1.24 bits per heavy atom. The van der Waals surface area contributed by atoms with Gasteiger partial charge in [-0.1, -0.05) is 24.3 Å². The fourth-order valence-electron chi connectivity index (χ4n) is 3.55. The molecule has 1 aliphatic rings. The lowest BCUT2D eigenvalue weighted by molar-refractivity contribution is -0.163. The van der Waals surface area contributed by atoms with Gasteiger partial charge in [-0.25, -0.2) is 4.79 Å². The molecule has 164 valence electrons. The number of hydrogen-bond donors (Lipinski definition) is 2. The van der Waals surface area contributed by atoms with E-state index in [1.807, 2.05) is 19.9 Å². The van der Waals surface area contributed by atoms with E-state index in [4.69, 9.17) is 9.47 Å². The van der Waals surface area contributed by atoms with Crippen molar-refractivity contribution in [3.05, 3.63) is 35.5 Å². The second kappa shape index (κ2) is 11.3. The Bertz CT molecular complexity index is 658. The largest absolute Gasteiger partial charge is 0.466 e. The van der Waals surface area contributed by atoms with Crippen LogP contribution in [-0.4, -0.2) is 47.1 Å². The summed E-state index contributed by atoms with van der Waals surface area (Å²) < 4.78 is 10.2. The maximum absolute atomic E-state index is 12.0. The van der Waals surface area contributed by atoms with Crippen LogP contribution in [0.15, 0.2) is 35.5 Å². The Balaban J connectivity index is 3.21. The van der Waals surface area contributed by atoms with Crippen molar-refractivity contribution in [3.63, 3.8) is 0 Å². The molecule has 0 aromatic rings. The van der Waals surface area contributed by atoms with Crippen molar-refractivity contribution >= 4 is 11.9 Å². The Morgan fingerprint density at radius 2 is 1.90 bits per heavy atom. The lowest BCUT2D eigenvalue weighted by Crippen LogP contribution is -2.42. The molecule has 0 bridgehead atoms. The first-order valence-corrected chi connectivity index (χ1v) is 10.1. The Hall–Kier alpha value is -1.92. The molecule has 0 aromatic carbocycles. The Labute approximate surface area is 174 Å². The summed E-state index contributed by atoms with van der Waals surface area (Å²) in [5, 5.41) is 21.7. The fourth-order valence-corrected chi connectivity index (χ4v) is 3.55. The molecule has 0 aromatic heterocycles. The van der Waals surface area contributed by atoms with Crippen LogP contribution in [0.5, 0.6) is 0 Å². The number of allylic oxidation sites excluding steroid dienone is 3. The number of aliphatic hydroxyl groups excluding tert-OH is 1. The summed E-state index contributed by atoms with van der Waals surface area (Å²) in [7, 11) is 1.29. The molecule has 0 saturated heterocycles. The number of aliphatic hydroxyl groups is 2. The third kappa shape index (κ3) is 8.15. The zero-order chi connectivity index (χ0) is 22.2. The summed E-state index contributed by atoms with van der Waals surface area (Å²) >= 11 is 0. The molecule has 2 N–H and O–H groups in total. The van der Waals surface area contributed by atoms with Crippen LogP contribution in [0.25, 0.3) is 0 Å². The lowest BCUT2D eigenvalue weighted by Gasteiger charge is -2.34. The highest BCUT2D eigenvalue weighted by molar-refractivity contribution is 5.88. The molecule has 0 radical (unpaired) electrons. The van der Waals surface area contributed by atoms with E-state index in [0.29, 0.717) is 32.1 Å². The summed E-state index contributed by atoms with van der Waals surface area (Å²) in [4.78, 5) is 23.6. The summed E-state index contributed by atoms with van der Waals surface area (Å²) in [6.45, 7) is 10.7. The van der Waals surface area contributed by atoms with E-state index in [1.165, 1.54) is 14.0 Å². The van der Waals surface area contributed by atoms with Crippen LogP contribution >= 0.6 is 0 Å². The number of rotatable bonds is 3. The van der Waals surface area contributed by atoms with E-state index < -0.39 is 29.7 Å². The fraction of sp³-hybridized carbons (Fsp3) is 0.652. The van der Waals surface area contributed by atoms with Crippen LogP contribution in [0.3, 0.4) is 0 Å². The number of carbonyl (C=O) groups is 2. The van der Waals surface area contributed by atoms with Gasteiger partial charge in [0.25, 0.3) is 0 Å². The molecule has 0 fully saturated rings. The molecule has 1 rings (SSSR count). The van der Waals surface area contributed by atoms with Gasteiger partial charge >= 0.3 is 11.9 Å². The van der Waals surface area contributed by atoms with Crippen LogP contribution in [0, 0.1) is 5.92 Å². The predicted octanol–water partition coefficient (Wildman–Crippen LogP) is 3.62. The predicted molar refractivity (Wildman–Crippen MR) is 112 cm³/mol. The molecule has 0 aliphatic heterocycles. The molecule has 29 heavy (non-hydrogen) atoms. The zero-order valence-electron chi connectivity index (χ0n) is 18.4. The highest BCUT2D eigenvalue weighted by Crippen LogP contribution is 2.32. The van der Waals surface area contributed by atoms with Crippen molar-refractivity contribution in [3.8, 4) is 0 Å². The number of esters is 2. The number of ether oxygens (including phenoxy) is 2. The Kier molecular flexibility index (Phi) is 9.80. The Morgan fingerprint density at radius 3 is 2.48 bits per heavy atom. The smallest absolute Gasteiger partial charge is 0.333 e. The monoisotopic (exact) mass is 408 g/mol. The summed E-state index contributed by atoms with van der Waals surface area (Å²) in [6.07, 6.45) is 5.48. The molecule has 4 unspecified atom stereocenters. The van der Waals surface area contributed by atoms with Crippen LogP contribution in [-0.2, 0) is 19.1 Å². The minimum Gasteiger partial charge on any atom is -0.466 e. The van der Waals surface area contributed by atoms with Gasteiger partial charge in [-0.2, -0.15) is 0 Å². The van der Waals surface area contributed by atoms with Gasteiger partial charge in [0.15, 0.2) is 0 Å². The van der Waals surface area contributed by atoms with Gasteiger partial charge in [-0.15, -0.1) is 0 Å². The van der Waals surface area contributed by atoms with Gasteiger partial charge in [0.2, 0.25) is 0 Å². The van der Waals surface area contributed by atoms with Crippen LogP contribution in [0.1, 0.15) is 66.2 Å². The minimum absolute atomic E-state index is 0.266. The quantitative estimate of drug-likeness (QED) is 0.421. The molecular weight excluding hydrogens is 372 g/mol. The van der Waals surface area contributed by atoms with Crippen molar-refractivity contribution in [2.75, 3.05) is 7.11 Å². The summed E-state index contributed by atoms with van der Waals surface area (Å²) in [5.41, 5.74) is 0.950. The van der Waals surface area contributed by atoms with Crippen LogP contribution in [0.2, 0.25) is 0 Å². The van der Waals surface area contributed by atoms with Crippen molar-refractivity contribution in [2.45, 2.75) is 84.0 Å². The van der Waals surface area contributed by atoms with Gasteiger partial charge in [0.1, 0.15) is 6.10 Å². The molecule has 6 heteroatoms. The van der Waals surface area contributed by atoms with Crippen molar-refractivity contribution in [2.24, 2.45) is 5.92 Å². The van der Waals surface area contributed by atoms with E-state index in [1.54, 1.807) is 6.92 Å². The number of methoxy groups -OCH3 is 1. The van der Waals surface area contributed by atoms with E-state index in [-0.39, 0.29) is 17.9 Å². The molecule has 6 nitrogen and oxygen atoms in total. The van der Waals surface area contributed by atoms with Gasteiger partial charge in [0, 0.05) is 12.5 Å². The minimum atomic E-state index is -1.28. The van der Waals surface area contributed by atoms with Crippen molar-refractivity contribution < 1.29 is 29.3 Å². The zero-order valence-corrected chi connectivity index (χ0v) is 18.4. The molecule has 0 saturated carbocycles. The number of hydrogen-bond acceptors (Lipinski definition) is 6. The van der Waals surface area contributed by atoms with E-state index >= 15 is 0 Å². The average molecular weight is 409 g/mol. The molecule has 0 spiro atoms. The second-order valence-electron chi connectivity index (χ2n) is 8.23. The van der Waals surface area contributed by atoms with Gasteiger partial charge in [-0.3, -0.25) is 4.79 Å². The average Bonchev–Trinajstić information content (AvgIpc) is 2.65. The molecular formula is C23H36O6. The first-order chi connectivity index (χ1) is 13.5. The molecule has 0 heterocycles. The molecule has 1 aliphatic carbocycles.